The monoisotopic (exact) mass is 305 g/mol. The maximum atomic E-state index is 12.2. The fourth-order valence-corrected chi connectivity index (χ4v) is 3.24. The minimum atomic E-state index is -3.46. The zero-order valence-corrected chi connectivity index (χ0v) is 12.9. The number of hydrogen-bond donors (Lipinski definition) is 2. The summed E-state index contributed by atoms with van der Waals surface area (Å²) >= 11 is 0. The number of sulfonamides is 1. The molecule has 6 heteroatoms. The maximum absolute atomic E-state index is 12.2. The van der Waals surface area contributed by atoms with Crippen LogP contribution in [0.15, 0.2) is 36.4 Å². The van der Waals surface area contributed by atoms with Gasteiger partial charge in [0.05, 0.1) is 17.1 Å². The molecule has 0 fully saturated rings. The SMILES string of the molecule is Cc1ccc(NS(=O)(=O)Cc2ccc(CN)cc2)c(C)n1. The first kappa shape index (κ1) is 15.5. The van der Waals surface area contributed by atoms with Gasteiger partial charge in [-0.2, -0.15) is 0 Å². The quantitative estimate of drug-likeness (QED) is 0.886. The highest BCUT2D eigenvalue weighted by Gasteiger charge is 2.13. The summed E-state index contributed by atoms with van der Waals surface area (Å²) in [5.41, 5.74) is 9.25. The molecule has 2 aromatic rings. The second kappa shape index (κ2) is 6.24. The molecule has 0 aliphatic heterocycles. The molecule has 0 unspecified atom stereocenters. The second-order valence-corrected chi connectivity index (χ2v) is 6.69. The third kappa shape index (κ3) is 4.27. The van der Waals surface area contributed by atoms with Gasteiger partial charge in [-0.1, -0.05) is 24.3 Å². The molecular weight excluding hydrogens is 286 g/mol. The molecule has 0 amide bonds. The van der Waals surface area contributed by atoms with Crippen LogP contribution in [-0.2, 0) is 22.3 Å². The van der Waals surface area contributed by atoms with Crippen molar-refractivity contribution in [2.75, 3.05) is 4.72 Å². The lowest BCUT2D eigenvalue weighted by molar-refractivity contribution is 0.600. The van der Waals surface area contributed by atoms with E-state index in [4.69, 9.17) is 5.73 Å². The van der Waals surface area contributed by atoms with Gasteiger partial charge in [-0.3, -0.25) is 9.71 Å². The van der Waals surface area contributed by atoms with Gasteiger partial charge in [0.2, 0.25) is 10.0 Å². The standard InChI is InChI=1S/C15H19N3O2S/c1-11-3-8-15(12(2)17-11)18-21(19,20)10-14-6-4-13(9-16)5-7-14/h3-8,18H,9-10,16H2,1-2H3. The van der Waals surface area contributed by atoms with Gasteiger partial charge in [0, 0.05) is 12.2 Å². The number of anilines is 1. The lowest BCUT2D eigenvalue weighted by Gasteiger charge is -2.10. The van der Waals surface area contributed by atoms with Gasteiger partial charge >= 0.3 is 0 Å². The van der Waals surface area contributed by atoms with Gasteiger partial charge in [-0.05, 0) is 37.1 Å². The number of benzene rings is 1. The molecule has 0 saturated heterocycles. The Labute approximate surface area is 125 Å². The van der Waals surface area contributed by atoms with Gasteiger partial charge in [0.15, 0.2) is 0 Å². The summed E-state index contributed by atoms with van der Waals surface area (Å²) < 4.78 is 27.0. The van der Waals surface area contributed by atoms with Crippen LogP contribution < -0.4 is 10.5 Å². The summed E-state index contributed by atoms with van der Waals surface area (Å²) in [5, 5.41) is 0. The molecule has 0 aliphatic rings. The minimum absolute atomic E-state index is 0.0782. The van der Waals surface area contributed by atoms with Crippen molar-refractivity contribution < 1.29 is 8.42 Å². The van der Waals surface area contributed by atoms with Crippen molar-refractivity contribution in [2.24, 2.45) is 5.73 Å². The van der Waals surface area contributed by atoms with E-state index in [-0.39, 0.29) is 5.75 Å². The van der Waals surface area contributed by atoms with E-state index in [9.17, 15) is 8.42 Å². The largest absolute Gasteiger partial charge is 0.326 e. The van der Waals surface area contributed by atoms with Crippen LogP contribution in [0.4, 0.5) is 5.69 Å². The van der Waals surface area contributed by atoms with E-state index in [0.29, 0.717) is 17.9 Å². The number of nitrogens with one attached hydrogen (secondary N) is 1. The lowest BCUT2D eigenvalue weighted by atomic mass is 10.1. The van der Waals surface area contributed by atoms with Gasteiger partial charge < -0.3 is 5.73 Å². The highest BCUT2D eigenvalue weighted by atomic mass is 32.2. The average Bonchev–Trinajstić information content (AvgIpc) is 2.42. The van der Waals surface area contributed by atoms with Crippen LogP contribution in [0.1, 0.15) is 22.5 Å². The average molecular weight is 305 g/mol. The normalized spacial score (nSPS) is 11.4. The van der Waals surface area contributed by atoms with Crippen molar-refractivity contribution in [3.63, 3.8) is 0 Å². The minimum Gasteiger partial charge on any atom is -0.326 e. The Kier molecular flexibility index (Phi) is 4.59. The van der Waals surface area contributed by atoms with Crippen LogP contribution in [-0.4, -0.2) is 13.4 Å². The topological polar surface area (TPSA) is 85.1 Å². The molecule has 0 aliphatic carbocycles. The molecule has 0 saturated carbocycles. The Hall–Kier alpha value is -1.92. The van der Waals surface area contributed by atoms with E-state index in [2.05, 4.69) is 9.71 Å². The number of nitrogens with two attached hydrogens (primary N) is 1. The first-order valence-corrected chi connectivity index (χ1v) is 8.27. The first-order valence-electron chi connectivity index (χ1n) is 6.62. The molecule has 2 rings (SSSR count). The van der Waals surface area contributed by atoms with E-state index in [1.807, 2.05) is 19.1 Å². The predicted molar refractivity (Wildman–Crippen MR) is 84.3 cm³/mol. The van der Waals surface area contributed by atoms with Crippen molar-refractivity contribution in [3.05, 3.63) is 58.9 Å². The summed E-state index contributed by atoms with van der Waals surface area (Å²) in [6.45, 7) is 4.09. The van der Waals surface area contributed by atoms with Gasteiger partial charge in [-0.25, -0.2) is 8.42 Å². The van der Waals surface area contributed by atoms with Gasteiger partial charge in [0.1, 0.15) is 0 Å². The Morgan fingerprint density at radius 2 is 1.67 bits per heavy atom. The second-order valence-electron chi connectivity index (χ2n) is 4.97. The van der Waals surface area contributed by atoms with Crippen LogP contribution in [0.2, 0.25) is 0 Å². The Morgan fingerprint density at radius 1 is 1.05 bits per heavy atom. The summed E-state index contributed by atoms with van der Waals surface area (Å²) in [5.74, 6) is -0.0782. The zero-order valence-electron chi connectivity index (χ0n) is 12.1. The van der Waals surface area contributed by atoms with Crippen LogP contribution in [0, 0.1) is 13.8 Å². The fraction of sp³-hybridized carbons (Fsp3) is 0.267. The molecule has 112 valence electrons. The molecular formula is C15H19N3O2S. The van der Waals surface area contributed by atoms with E-state index in [1.54, 1.807) is 31.2 Å². The molecule has 5 nitrogen and oxygen atoms in total. The lowest BCUT2D eigenvalue weighted by Crippen LogP contribution is -2.16. The Balaban J connectivity index is 2.14. The number of aromatic nitrogens is 1. The molecule has 1 aromatic heterocycles. The van der Waals surface area contributed by atoms with Crippen LogP contribution in [0.3, 0.4) is 0 Å². The third-order valence-electron chi connectivity index (χ3n) is 3.11. The smallest absolute Gasteiger partial charge is 0.236 e. The van der Waals surface area contributed by atoms with Crippen molar-refractivity contribution in [1.82, 2.24) is 4.98 Å². The maximum Gasteiger partial charge on any atom is 0.236 e. The number of aryl methyl sites for hydroxylation is 2. The van der Waals surface area contributed by atoms with Crippen molar-refractivity contribution >= 4 is 15.7 Å². The van der Waals surface area contributed by atoms with Gasteiger partial charge in [-0.15, -0.1) is 0 Å². The fourth-order valence-electron chi connectivity index (χ4n) is 1.99. The van der Waals surface area contributed by atoms with Crippen LogP contribution in [0.25, 0.3) is 0 Å². The third-order valence-corrected chi connectivity index (χ3v) is 4.35. The van der Waals surface area contributed by atoms with Crippen LogP contribution >= 0.6 is 0 Å². The number of pyridine rings is 1. The highest BCUT2D eigenvalue weighted by molar-refractivity contribution is 7.91. The highest BCUT2D eigenvalue weighted by Crippen LogP contribution is 2.16. The Bertz CT molecular complexity index is 725. The van der Waals surface area contributed by atoms with E-state index >= 15 is 0 Å². The van der Waals surface area contributed by atoms with E-state index in [1.165, 1.54) is 0 Å². The van der Waals surface area contributed by atoms with E-state index in [0.717, 1.165) is 16.8 Å². The summed E-state index contributed by atoms with van der Waals surface area (Å²) in [7, 11) is -3.46. The first-order chi connectivity index (χ1) is 9.89. The van der Waals surface area contributed by atoms with Crippen LogP contribution in [0.5, 0.6) is 0 Å². The molecule has 21 heavy (non-hydrogen) atoms. The summed E-state index contributed by atoms with van der Waals surface area (Å²) in [6, 6.07) is 10.7. The Morgan fingerprint density at radius 3 is 2.24 bits per heavy atom. The van der Waals surface area contributed by atoms with E-state index < -0.39 is 10.0 Å². The van der Waals surface area contributed by atoms with Gasteiger partial charge in [0.25, 0.3) is 0 Å². The summed E-state index contributed by atoms with van der Waals surface area (Å²) in [6.07, 6.45) is 0. The number of hydrogen-bond acceptors (Lipinski definition) is 4. The molecule has 0 spiro atoms. The molecule has 0 bridgehead atoms. The molecule has 1 aromatic carbocycles. The predicted octanol–water partition coefficient (Wildman–Crippen LogP) is 2.10. The number of rotatable bonds is 5. The number of nitrogens with zero attached hydrogens (tertiary/aromatic N) is 1. The molecule has 0 atom stereocenters. The van der Waals surface area contributed by atoms with Crippen molar-refractivity contribution in [2.45, 2.75) is 26.1 Å². The molecule has 0 radical (unpaired) electrons. The zero-order chi connectivity index (χ0) is 15.5. The van der Waals surface area contributed by atoms with Crippen molar-refractivity contribution in [3.8, 4) is 0 Å². The van der Waals surface area contributed by atoms with Crippen molar-refractivity contribution in [1.29, 1.82) is 0 Å². The molecule has 1 heterocycles. The molecule has 3 N–H and O–H groups in total. The summed E-state index contributed by atoms with van der Waals surface area (Å²) in [4.78, 5) is 4.25.